The number of hydrogen-bond acceptors (Lipinski definition) is 5. The van der Waals surface area contributed by atoms with Crippen molar-refractivity contribution in [2.45, 2.75) is 59.2 Å². The van der Waals surface area contributed by atoms with E-state index in [4.69, 9.17) is 22.8 Å². The molecule has 0 amide bonds. The van der Waals surface area contributed by atoms with Crippen molar-refractivity contribution >= 4 is 8.80 Å². The summed E-state index contributed by atoms with van der Waals surface area (Å²) in [4.78, 5) is 0. The van der Waals surface area contributed by atoms with Gasteiger partial charge in [-0.2, -0.15) is 0 Å². The van der Waals surface area contributed by atoms with Crippen LogP contribution in [0.1, 0.15) is 34.6 Å². The minimum absolute atomic E-state index is 0.0104. The van der Waals surface area contributed by atoms with E-state index in [2.05, 4.69) is 0 Å². The molecular formula is C12H26O5Si. The molecule has 0 spiro atoms. The van der Waals surface area contributed by atoms with E-state index < -0.39 is 8.80 Å². The maximum absolute atomic E-state index is 5.78. The van der Waals surface area contributed by atoms with Gasteiger partial charge < -0.3 is 22.8 Å². The van der Waals surface area contributed by atoms with Crippen LogP contribution in [0.3, 0.4) is 0 Å². The summed E-state index contributed by atoms with van der Waals surface area (Å²) in [5, 5.41) is 0. The second-order valence-corrected chi connectivity index (χ2v) is 6.98. The van der Waals surface area contributed by atoms with Crippen LogP contribution < -0.4 is 0 Å². The van der Waals surface area contributed by atoms with Crippen LogP contribution in [-0.2, 0) is 22.8 Å². The molecule has 0 radical (unpaired) electrons. The molecule has 1 aliphatic rings. The van der Waals surface area contributed by atoms with Crippen molar-refractivity contribution in [3.8, 4) is 0 Å². The van der Waals surface area contributed by atoms with Crippen LogP contribution in [0.4, 0.5) is 0 Å². The monoisotopic (exact) mass is 278 g/mol. The Hall–Kier alpha value is 0.0169. The van der Waals surface area contributed by atoms with Crippen LogP contribution in [0.2, 0.25) is 6.04 Å². The Balaban J connectivity index is 2.50. The zero-order chi connectivity index (χ0) is 13.6. The lowest BCUT2D eigenvalue weighted by Crippen LogP contribution is -2.48. The van der Waals surface area contributed by atoms with Crippen LogP contribution in [0.5, 0.6) is 0 Å². The van der Waals surface area contributed by atoms with Gasteiger partial charge >= 0.3 is 8.80 Å². The zero-order valence-corrected chi connectivity index (χ0v) is 13.1. The molecule has 0 N–H and O–H groups in total. The molecule has 0 aromatic carbocycles. The van der Waals surface area contributed by atoms with Crippen LogP contribution >= 0.6 is 0 Å². The molecule has 1 aliphatic heterocycles. The van der Waals surface area contributed by atoms with Gasteiger partial charge in [-0.25, -0.2) is 0 Å². The molecule has 6 heteroatoms. The van der Waals surface area contributed by atoms with E-state index in [1.165, 1.54) is 0 Å². The van der Waals surface area contributed by atoms with Gasteiger partial charge in [0.1, 0.15) is 6.10 Å². The molecule has 1 rings (SSSR count). The van der Waals surface area contributed by atoms with Crippen molar-refractivity contribution in [2.75, 3.05) is 19.8 Å². The topological polar surface area (TPSA) is 49.5 Å². The third-order valence-electron chi connectivity index (χ3n) is 2.65. The van der Waals surface area contributed by atoms with Gasteiger partial charge in [-0.1, -0.05) is 0 Å². The molecule has 1 fully saturated rings. The zero-order valence-electron chi connectivity index (χ0n) is 12.1. The van der Waals surface area contributed by atoms with Crippen LogP contribution in [0.15, 0.2) is 0 Å². The summed E-state index contributed by atoms with van der Waals surface area (Å²) in [5.41, 5.74) is 0. The second-order valence-electron chi connectivity index (χ2n) is 4.34. The summed E-state index contributed by atoms with van der Waals surface area (Å²) in [6, 6.07) is 0.662. The van der Waals surface area contributed by atoms with Crippen molar-refractivity contribution in [2.24, 2.45) is 0 Å². The Morgan fingerprint density at radius 2 is 1.50 bits per heavy atom. The van der Waals surface area contributed by atoms with Gasteiger partial charge in [0.2, 0.25) is 0 Å². The molecule has 1 saturated heterocycles. The molecule has 108 valence electrons. The fourth-order valence-electron chi connectivity index (χ4n) is 1.90. The van der Waals surface area contributed by atoms with E-state index in [0.717, 1.165) is 0 Å². The van der Waals surface area contributed by atoms with Crippen molar-refractivity contribution < 1.29 is 22.8 Å². The molecule has 5 nitrogen and oxygen atoms in total. The van der Waals surface area contributed by atoms with Gasteiger partial charge in [-0.3, -0.25) is 0 Å². The number of rotatable bonds is 10. The molecule has 0 bridgehead atoms. The highest BCUT2D eigenvalue weighted by Gasteiger charge is 2.44. The van der Waals surface area contributed by atoms with Gasteiger partial charge in [0.25, 0.3) is 0 Å². The minimum atomic E-state index is -2.60. The molecule has 0 aliphatic carbocycles. The van der Waals surface area contributed by atoms with Crippen LogP contribution in [-0.4, -0.2) is 47.1 Å². The number of ether oxygens (including phenoxy) is 2. The first-order chi connectivity index (χ1) is 8.56. The maximum Gasteiger partial charge on any atom is 0.503 e. The quantitative estimate of drug-likeness (QED) is 0.453. The lowest BCUT2D eigenvalue weighted by molar-refractivity contribution is -0.00901. The first kappa shape index (κ1) is 16.1. The highest BCUT2D eigenvalue weighted by atomic mass is 28.4. The highest BCUT2D eigenvalue weighted by Crippen LogP contribution is 2.27. The minimum Gasteiger partial charge on any atom is -0.374 e. The van der Waals surface area contributed by atoms with Gasteiger partial charge in [0.15, 0.2) is 6.29 Å². The van der Waals surface area contributed by atoms with E-state index in [1.54, 1.807) is 0 Å². The van der Waals surface area contributed by atoms with E-state index in [-0.39, 0.29) is 18.5 Å². The van der Waals surface area contributed by atoms with E-state index in [1.807, 2.05) is 34.6 Å². The van der Waals surface area contributed by atoms with Crippen LogP contribution in [0, 0.1) is 0 Å². The smallest absolute Gasteiger partial charge is 0.374 e. The summed E-state index contributed by atoms with van der Waals surface area (Å²) >= 11 is 0. The Labute approximate surface area is 111 Å². The third kappa shape index (κ3) is 4.95. The average molecular weight is 278 g/mol. The van der Waals surface area contributed by atoms with Crippen molar-refractivity contribution in [1.29, 1.82) is 0 Å². The Morgan fingerprint density at radius 3 is 1.83 bits per heavy atom. The molecular weight excluding hydrogens is 252 g/mol. The van der Waals surface area contributed by atoms with Crippen molar-refractivity contribution in [1.82, 2.24) is 0 Å². The summed E-state index contributed by atoms with van der Waals surface area (Å²) in [6.07, 6.45) is 0.141. The second kappa shape index (κ2) is 7.57. The maximum atomic E-state index is 5.78. The highest BCUT2D eigenvalue weighted by molar-refractivity contribution is 6.60. The van der Waals surface area contributed by atoms with E-state index >= 15 is 0 Å². The Morgan fingerprint density at radius 1 is 1.06 bits per heavy atom. The molecule has 0 aromatic rings. The molecule has 3 unspecified atom stereocenters. The molecule has 1 heterocycles. The molecule has 0 saturated carbocycles. The first-order valence-corrected chi connectivity index (χ1v) is 8.72. The van der Waals surface area contributed by atoms with E-state index in [9.17, 15) is 0 Å². The summed E-state index contributed by atoms with van der Waals surface area (Å²) in [7, 11) is -2.60. The van der Waals surface area contributed by atoms with Gasteiger partial charge in [-0.15, -0.1) is 0 Å². The van der Waals surface area contributed by atoms with Crippen molar-refractivity contribution in [3.05, 3.63) is 0 Å². The van der Waals surface area contributed by atoms with E-state index in [0.29, 0.717) is 25.9 Å². The first-order valence-electron chi connectivity index (χ1n) is 6.79. The average Bonchev–Trinajstić information content (AvgIpc) is 2.94. The predicted molar refractivity (Wildman–Crippen MR) is 70.3 cm³/mol. The fraction of sp³-hybridized carbons (Fsp3) is 1.00. The number of hydrogen-bond donors (Lipinski definition) is 0. The number of epoxide rings is 1. The lowest BCUT2D eigenvalue weighted by Gasteiger charge is -2.30. The molecule has 3 atom stereocenters. The largest absolute Gasteiger partial charge is 0.503 e. The lowest BCUT2D eigenvalue weighted by atomic mass is 10.4. The fourth-order valence-corrected chi connectivity index (χ4v) is 4.62. The standard InChI is InChI=1S/C12H26O5Si/c1-6-13-18(14-7-2,15-8-3)9-10(4)16-12-11(5)17-12/h10-12H,6-9H2,1-5H3. The third-order valence-corrected chi connectivity index (χ3v) is 5.91. The van der Waals surface area contributed by atoms with Gasteiger partial charge in [0, 0.05) is 25.9 Å². The van der Waals surface area contributed by atoms with Crippen molar-refractivity contribution in [3.63, 3.8) is 0 Å². The van der Waals surface area contributed by atoms with Gasteiger partial charge in [0.05, 0.1) is 6.10 Å². The van der Waals surface area contributed by atoms with Gasteiger partial charge in [-0.05, 0) is 34.6 Å². The summed E-state index contributed by atoms with van der Waals surface area (Å²) in [5.74, 6) is 0. The molecule has 18 heavy (non-hydrogen) atoms. The SMILES string of the molecule is CCO[Si](CC(C)OC1OC1C)(OCC)OCC. The summed E-state index contributed by atoms with van der Waals surface area (Å²) in [6.45, 7) is 11.6. The molecule has 0 aromatic heterocycles. The Bertz CT molecular complexity index is 221. The normalized spacial score (nSPS) is 25.2. The van der Waals surface area contributed by atoms with Crippen LogP contribution in [0.25, 0.3) is 0 Å². The Kier molecular flexibility index (Phi) is 6.76. The summed E-state index contributed by atoms with van der Waals surface area (Å²) < 4.78 is 28.3. The predicted octanol–water partition coefficient (Wildman–Crippen LogP) is 2.18.